The molecule has 1 aromatic heterocycles. The first-order valence-electron chi connectivity index (χ1n) is 11.1. The van der Waals surface area contributed by atoms with E-state index < -0.39 is 18.0 Å². The highest BCUT2D eigenvalue weighted by molar-refractivity contribution is 6.01. The number of hydrogen-bond acceptors (Lipinski definition) is 5. The number of carbonyl (C=O) groups is 3. The molecule has 0 unspecified atom stereocenters. The number of anilines is 1. The van der Waals surface area contributed by atoms with Crippen molar-refractivity contribution in [3.63, 3.8) is 0 Å². The van der Waals surface area contributed by atoms with Gasteiger partial charge in [0, 0.05) is 25.9 Å². The Morgan fingerprint density at radius 2 is 1.68 bits per heavy atom. The summed E-state index contributed by atoms with van der Waals surface area (Å²) in [5, 5.41) is 18.1. The first-order valence-corrected chi connectivity index (χ1v) is 11.1. The number of unbranched alkanes of at least 4 members (excludes halogenated alkanes) is 1. The van der Waals surface area contributed by atoms with Crippen LogP contribution in [0.2, 0.25) is 0 Å². The monoisotopic (exact) mass is 462 g/mol. The molecule has 3 aromatic rings. The molecule has 2 aromatic carbocycles. The van der Waals surface area contributed by atoms with Gasteiger partial charge in [0.1, 0.15) is 12.3 Å². The van der Waals surface area contributed by atoms with Gasteiger partial charge in [-0.3, -0.25) is 19.6 Å². The molecule has 9 nitrogen and oxygen atoms in total. The molecule has 2 amide bonds. The highest BCUT2D eigenvalue weighted by Gasteiger charge is 2.29. The van der Waals surface area contributed by atoms with Crippen molar-refractivity contribution in [2.24, 2.45) is 7.05 Å². The number of nitrogens with one attached hydrogen (secondary N) is 2. The number of fused-ring (bicyclic) bond motifs is 3. The average Bonchev–Trinajstić information content (AvgIpc) is 3.34. The topological polar surface area (TPSA) is 123 Å². The van der Waals surface area contributed by atoms with Gasteiger partial charge in [0.05, 0.1) is 11.9 Å². The highest BCUT2D eigenvalue weighted by atomic mass is 16.5. The largest absolute Gasteiger partial charge is 0.481 e. The molecule has 1 aliphatic carbocycles. The minimum absolute atomic E-state index is 0.0518. The summed E-state index contributed by atoms with van der Waals surface area (Å²) in [5.74, 6) is -1.35. The molecule has 0 bridgehead atoms. The van der Waals surface area contributed by atoms with Crippen molar-refractivity contribution >= 4 is 23.7 Å². The summed E-state index contributed by atoms with van der Waals surface area (Å²) in [7, 11) is 1.60. The van der Waals surface area contributed by atoms with Crippen LogP contribution in [0.5, 0.6) is 0 Å². The molecule has 4 rings (SSSR count). The number of hydrogen-bond donors (Lipinski definition) is 3. The van der Waals surface area contributed by atoms with Gasteiger partial charge in [0.25, 0.3) is 5.91 Å². The number of ether oxygens (including phenoxy) is 1. The Morgan fingerprint density at radius 3 is 2.32 bits per heavy atom. The van der Waals surface area contributed by atoms with Crippen LogP contribution in [0.1, 0.15) is 46.8 Å². The van der Waals surface area contributed by atoms with E-state index in [2.05, 4.69) is 27.9 Å². The second kappa shape index (κ2) is 10.2. The van der Waals surface area contributed by atoms with Crippen LogP contribution in [0, 0.1) is 0 Å². The van der Waals surface area contributed by atoms with Gasteiger partial charge in [-0.15, -0.1) is 0 Å². The summed E-state index contributed by atoms with van der Waals surface area (Å²) in [6, 6.07) is 16.1. The first-order chi connectivity index (χ1) is 16.5. The molecule has 0 aliphatic heterocycles. The number of carbonyl (C=O) groups excluding carboxylic acids is 2. The Morgan fingerprint density at radius 1 is 1.03 bits per heavy atom. The van der Waals surface area contributed by atoms with E-state index in [0.717, 1.165) is 22.3 Å². The standard InChI is InChI=1S/C25H26N4O5/c1-29-23(24(32)26-13-7-6-12-22(30)31)21(14-27-29)28-25(33)34-15-20-18-10-4-2-8-16(18)17-9-3-5-11-19(17)20/h2-5,8-11,14,20H,6-7,12-13,15H2,1H3,(H,26,32)(H,28,33)(H,30,31). The highest BCUT2D eigenvalue weighted by Crippen LogP contribution is 2.44. The fourth-order valence-electron chi connectivity index (χ4n) is 4.23. The summed E-state index contributed by atoms with van der Waals surface area (Å²) >= 11 is 0. The minimum Gasteiger partial charge on any atom is -0.481 e. The maximum atomic E-state index is 12.6. The first kappa shape index (κ1) is 23.0. The van der Waals surface area contributed by atoms with Crippen molar-refractivity contribution in [2.75, 3.05) is 18.5 Å². The van der Waals surface area contributed by atoms with Crippen LogP contribution >= 0.6 is 0 Å². The van der Waals surface area contributed by atoms with Crippen molar-refractivity contribution in [1.82, 2.24) is 15.1 Å². The number of carboxylic acid groups (broad SMARTS) is 1. The van der Waals surface area contributed by atoms with E-state index in [4.69, 9.17) is 9.84 Å². The van der Waals surface area contributed by atoms with E-state index in [-0.39, 0.29) is 30.3 Å². The molecule has 0 saturated heterocycles. The lowest BCUT2D eigenvalue weighted by Crippen LogP contribution is -2.28. The average molecular weight is 463 g/mol. The number of rotatable bonds is 9. The molecule has 1 heterocycles. The van der Waals surface area contributed by atoms with E-state index in [0.29, 0.717) is 19.4 Å². The summed E-state index contributed by atoms with van der Waals surface area (Å²) in [6.45, 7) is 0.479. The zero-order valence-electron chi connectivity index (χ0n) is 18.8. The summed E-state index contributed by atoms with van der Waals surface area (Å²) in [5.41, 5.74) is 4.93. The van der Waals surface area contributed by atoms with Crippen LogP contribution in [0.3, 0.4) is 0 Å². The number of benzene rings is 2. The molecule has 1 aliphatic rings. The van der Waals surface area contributed by atoms with E-state index in [1.165, 1.54) is 10.9 Å². The molecule has 34 heavy (non-hydrogen) atoms. The smallest absolute Gasteiger partial charge is 0.411 e. The molecule has 0 radical (unpaired) electrons. The van der Waals surface area contributed by atoms with Crippen molar-refractivity contribution in [3.05, 3.63) is 71.5 Å². The molecular weight excluding hydrogens is 436 g/mol. The van der Waals surface area contributed by atoms with Crippen LogP contribution < -0.4 is 10.6 Å². The van der Waals surface area contributed by atoms with Gasteiger partial charge in [-0.2, -0.15) is 5.10 Å². The van der Waals surface area contributed by atoms with Crippen LogP contribution in [-0.2, 0) is 16.6 Å². The Balaban J connectivity index is 1.36. The normalized spacial score (nSPS) is 12.0. The third-order valence-electron chi connectivity index (χ3n) is 5.84. The van der Waals surface area contributed by atoms with E-state index in [1.54, 1.807) is 7.05 Å². The Kier molecular flexibility index (Phi) is 6.91. The van der Waals surface area contributed by atoms with E-state index in [9.17, 15) is 14.4 Å². The fourth-order valence-corrected chi connectivity index (χ4v) is 4.23. The van der Waals surface area contributed by atoms with Crippen molar-refractivity contribution in [2.45, 2.75) is 25.2 Å². The molecule has 176 valence electrons. The van der Waals surface area contributed by atoms with Crippen LogP contribution in [0.25, 0.3) is 11.1 Å². The second-order valence-corrected chi connectivity index (χ2v) is 8.09. The fraction of sp³-hybridized carbons (Fsp3) is 0.280. The number of carboxylic acids is 1. The third kappa shape index (κ3) is 4.93. The quantitative estimate of drug-likeness (QED) is 0.416. The molecule has 0 fully saturated rings. The van der Waals surface area contributed by atoms with Gasteiger partial charge in [0.2, 0.25) is 0 Å². The van der Waals surface area contributed by atoms with Crippen molar-refractivity contribution in [3.8, 4) is 11.1 Å². The molecule has 0 saturated carbocycles. The maximum Gasteiger partial charge on any atom is 0.411 e. The number of aliphatic carboxylic acids is 1. The Bertz CT molecular complexity index is 1170. The predicted molar refractivity (Wildman–Crippen MR) is 126 cm³/mol. The van der Waals surface area contributed by atoms with Gasteiger partial charge in [-0.05, 0) is 35.1 Å². The zero-order chi connectivity index (χ0) is 24.1. The Labute approximate surface area is 196 Å². The maximum absolute atomic E-state index is 12.6. The molecule has 0 spiro atoms. The Hall–Kier alpha value is -4.14. The summed E-state index contributed by atoms with van der Waals surface area (Å²) in [4.78, 5) is 35.8. The number of amides is 2. The lowest BCUT2D eigenvalue weighted by molar-refractivity contribution is -0.137. The van der Waals surface area contributed by atoms with Crippen LogP contribution in [0.15, 0.2) is 54.7 Å². The van der Waals surface area contributed by atoms with Crippen LogP contribution in [0.4, 0.5) is 10.5 Å². The molecule has 3 N–H and O–H groups in total. The van der Waals surface area contributed by atoms with Crippen molar-refractivity contribution in [1.29, 1.82) is 0 Å². The lowest BCUT2D eigenvalue weighted by atomic mass is 9.98. The molecule has 0 atom stereocenters. The molecular formula is C25H26N4O5. The number of nitrogens with zero attached hydrogens (tertiary/aromatic N) is 2. The number of aromatic nitrogens is 2. The van der Waals surface area contributed by atoms with Gasteiger partial charge >= 0.3 is 12.1 Å². The second-order valence-electron chi connectivity index (χ2n) is 8.09. The predicted octanol–water partition coefficient (Wildman–Crippen LogP) is 3.77. The van der Waals surface area contributed by atoms with E-state index >= 15 is 0 Å². The molecule has 9 heteroatoms. The SMILES string of the molecule is Cn1ncc(NC(=O)OCC2c3ccccc3-c3ccccc32)c1C(=O)NCCCCC(=O)O. The van der Waals surface area contributed by atoms with Gasteiger partial charge in [0.15, 0.2) is 0 Å². The van der Waals surface area contributed by atoms with Crippen molar-refractivity contribution < 1.29 is 24.2 Å². The minimum atomic E-state index is -0.868. The van der Waals surface area contributed by atoms with Gasteiger partial charge in [-0.1, -0.05) is 48.5 Å². The lowest BCUT2D eigenvalue weighted by Gasteiger charge is -2.14. The summed E-state index contributed by atoms with van der Waals surface area (Å²) < 4.78 is 6.92. The third-order valence-corrected chi connectivity index (χ3v) is 5.84. The van der Waals surface area contributed by atoms with E-state index in [1.807, 2.05) is 36.4 Å². The van der Waals surface area contributed by atoms with Gasteiger partial charge < -0.3 is 15.2 Å². The van der Waals surface area contributed by atoms with Gasteiger partial charge in [-0.25, -0.2) is 4.79 Å². The summed E-state index contributed by atoms with van der Waals surface area (Å²) in [6.07, 6.45) is 1.76. The number of aryl methyl sites for hydroxylation is 1. The van der Waals surface area contributed by atoms with Crippen LogP contribution in [-0.4, -0.2) is 46.0 Å². The zero-order valence-corrected chi connectivity index (χ0v) is 18.8.